The minimum atomic E-state index is 0.0639. The number of nitrogens with one attached hydrogen (secondary N) is 1. The number of anilines is 2. The summed E-state index contributed by atoms with van der Waals surface area (Å²) in [5.74, 6) is 1.50. The number of hydrogen-bond donors (Lipinski definition) is 2. The van der Waals surface area contributed by atoms with E-state index in [2.05, 4.69) is 35.7 Å². The summed E-state index contributed by atoms with van der Waals surface area (Å²) in [4.78, 5) is 28.5. The van der Waals surface area contributed by atoms with Crippen LogP contribution in [-0.2, 0) is 11.3 Å². The average Bonchev–Trinajstić information content (AvgIpc) is 3.70. The Balaban J connectivity index is 1.19. The number of fused-ring (bicyclic) bond motifs is 1. The predicted octanol–water partition coefficient (Wildman–Crippen LogP) is 3.14. The van der Waals surface area contributed by atoms with Gasteiger partial charge in [0.2, 0.25) is 5.95 Å². The molecule has 0 atom stereocenters. The van der Waals surface area contributed by atoms with Crippen LogP contribution in [0.1, 0.15) is 37.3 Å². The molecule has 1 aliphatic heterocycles. The molecule has 2 N–H and O–H groups in total. The van der Waals surface area contributed by atoms with Crippen molar-refractivity contribution in [1.82, 2.24) is 34.4 Å². The summed E-state index contributed by atoms with van der Waals surface area (Å²) in [7, 11) is 0. The molecule has 5 heterocycles. The van der Waals surface area contributed by atoms with Gasteiger partial charge in [-0.1, -0.05) is 25.0 Å². The Kier molecular flexibility index (Phi) is 8.41. The van der Waals surface area contributed by atoms with Gasteiger partial charge in [0, 0.05) is 57.7 Å². The van der Waals surface area contributed by atoms with Crippen LogP contribution in [0.25, 0.3) is 22.6 Å². The Hall–Kier alpha value is -3.67. The fraction of sp³-hybridized carbons (Fsp3) is 0.483. The highest BCUT2D eigenvalue weighted by atomic mass is 16.5. The molecule has 2 aliphatic rings. The van der Waals surface area contributed by atoms with Crippen LogP contribution < -0.4 is 10.2 Å². The number of hydrogen-bond acceptors (Lipinski definition) is 10. The molecule has 6 rings (SSSR count). The van der Waals surface area contributed by atoms with Crippen LogP contribution in [0.15, 0.2) is 49.1 Å². The van der Waals surface area contributed by atoms with Crippen LogP contribution in [0.4, 0.5) is 11.8 Å². The van der Waals surface area contributed by atoms with Crippen molar-refractivity contribution in [3.63, 3.8) is 0 Å². The second kappa shape index (κ2) is 12.7. The summed E-state index contributed by atoms with van der Waals surface area (Å²) in [6, 6.07) is 10.4. The molecule has 0 radical (unpaired) electrons. The van der Waals surface area contributed by atoms with E-state index in [1.54, 1.807) is 6.20 Å². The van der Waals surface area contributed by atoms with Gasteiger partial charge in [-0.2, -0.15) is 9.97 Å². The Morgan fingerprint density at radius 1 is 0.925 bits per heavy atom. The molecule has 0 amide bonds. The molecule has 0 unspecified atom stereocenters. The number of rotatable bonds is 11. The summed E-state index contributed by atoms with van der Waals surface area (Å²) in [6.07, 6.45) is 10.4. The Morgan fingerprint density at radius 2 is 1.77 bits per heavy atom. The van der Waals surface area contributed by atoms with Gasteiger partial charge >= 0.3 is 0 Å². The van der Waals surface area contributed by atoms with Crippen molar-refractivity contribution in [2.24, 2.45) is 0 Å². The SMILES string of the molecule is OCCOCCN1CCN(c2nc(NCc3ccc(-c4ccccn4)nc3)c3ncn(C4CCCC4)c3n2)CC1. The second-order valence-electron chi connectivity index (χ2n) is 10.4. The van der Waals surface area contributed by atoms with Crippen molar-refractivity contribution in [1.29, 1.82) is 0 Å². The molecular weight excluding hydrogens is 506 g/mol. The Bertz CT molecular complexity index is 1370. The summed E-state index contributed by atoms with van der Waals surface area (Å²) in [6.45, 7) is 6.07. The number of piperazine rings is 1. The lowest BCUT2D eigenvalue weighted by Gasteiger charge is -2.34. The van der Waals surface area contributed by atoms with E-state index >= 15 is 0 Å². The van der Waals surface area contributed by atoms with Crippen molar-refractivity contribution in [3.05, 3.63) is 54.6 Å². The first-order chi connectivity index (χ1) is 19.8. The molecule has 210 valence electrons. The van der Waals surface area contributed by atoms with Crippen LogP contribution in [0, 0.1) is 0 Å². The molecule has 0 bridgehead atoms. The molecule has 0 aromatic carbocycles. The lowest BCUT2D eigenvalue weighted by atomic mass is 10.2. The third-order valence-corrected chi connectivity index (χ3v) is 7.78. The van der Waals surface area contributed by atoms with E-state index < -0.39 is 0 Å². The van der Waals surface area contributed by atoms with Gasteiger partial charge < -0.3 is 24.6 Å². The van der Waals surface area contributed by atoms with E-state index in [0.717, 1.165) is 72.6 Å². The molecule has 4 aromatic heterocycles. The summed E-state index contributed by atoms with van der Waals surface area (Å²) in [5, 5.41) is 12.5. The summed E-state index contributed by atoms with van der Waals surface area (Å²) < 4.78 is 7.71. The molecule has 0 spiro atoms. The molecule has 1 aliphatic carbocycles. The maximum Gasteiger partial charge on any atom is 0.229 e. The van der Waals surface area contributed by atoms with Gasteiger partial charge in [0.25, 0.3) is 0 Å². The molecule has 1 saturated heterocycles. The van der Waals surface area contributed by atoms with Crippen LogP contribution in [0.3, 0.4) is 0 Å². The van der Waals surface area contributed by atoms with E-state index in [9.17, 15) is 0 Å². The molecule has 2 fully saturated rings. The van der Waals surface area contributed by atoms with Crippen molar-refractivity contribution in [3.8, 4) is 11.4 Å². The number of aliphatic hydroxyl groups excluding tert-OH is 1. The number of aliphatic hydroxyl groups is 1. The van der Waals surface area contributed by atoms with Crippen molar-refractivity contribution in [2.45, 2.75) is 38.3 Å². The monoisotopic (exact) mass is 543 g/mol. The van der Waals surface area contributed by atoms with E-state index in [1.807, 2.05) is 36.8 Å². The maximum atomic E-state index is 8.92. The van der Waals surface area contributed by atoms with Gasteiger partial charge in [-0.15, -0.1) is 0 Å². The maximum absolute atomic E-state index is 8.92. The Labute approximate surface area is 234 Å². The molecule has 11 heteroatoms. The van der Waals surface area contributed by atoms with Crippen molar-refractivity contribution in [2.75, 3.05) is 62.8 Å². The van der Waals surface area contributed by atoms with E-state index in [-0.39, 0.29) is 6.61 Å². The van der Waals surface area contributed by atoms with Gasteiger partial charge in [0.05, 0.1) is 37.5 Å². The molecule has 40 heavy (non-hydrogen) atoms. The number of nitrogens with zero attached hydrogens (tertiary/aromatic N) is 8. The van der Waals surface area contributed by atoms with Gasteiger partial charge in [-0.05, 0) is 36.6 Å². The highest BCUT2D eigenvalue weighted by molar-refractivity contribution is 5.84. The number of ether oxygens (including phenoxy) is 1. The van der Waals surface area contributed by atoms with Crippen LogP contribution >= 0.6 is 0 Å². The Morgan fingerprint density at radius 3 is 2.52 bits per heavy atom. The van der Waals surface area contributed by atoms with Crippen molar-refractivity contribution >= 4 is 22.9 Å². The van der Waals surface area contributed by atoms with E-state index in [4.69, 9.17) is 24.8 Å². The lowest BCUT2D eigenvalue weighted by molar-refractivity contribution is 0.0724. The van der Waals surface area contributed by atoms with Crippen LogP contribution in [0.5, 0.6) is 0 Å². The zero-order valence-electron chi connectivity index (χ0n) is 22.8. The molecule has 1 saturated carbocycles. The fourth-order valence-electron chi connectivity index (χ4n) is 5.53. The van der Waals surface area contributed by atoms with Crippen LogP contribution in [0.2, 0.25) is 0 Å². The standard InChI is InChI=1S/C29H37N9O2/c39-16-18-40-17-15-36-11-13-37(14-12-36)29-34-27(26-28(35-29)38(21-33-26)23-5-1-2-6-23)32-20-22-8-9-25(31-19-22)24-7-3-4-10-30-24/h3-4,7-10,19,21,23,39H,1-2,5-6,11-18,20H2,(H,32,34,35). The largest absolute Gasteiger partial charge is 0.394 e. The van der Waals surface area contributed by atoms with Gasteiger partial charge in [-0.25, -0.2) is 4.98 Å². The van der Waals surface area contributed by atoms with Gasteiger partial charge in [0.15, 0.2) is 17.0 Å². The van der Waals surface area contributed by atoms with Crippen molar-refractivity contribution < 1.29 is 9.84 Å². The quantitative estimate of drug-likeness (QED) is 0.273. The molecular formula is C29H37N9O2. The lowest BCUT2D eigenvalue weighted by Crippen LogP contribution is -2.48. The summed E-state index contributed by atoms with van der Waals surface area (Å²) >= 11 is 0. The highest BCUT2D eigenvalue weighted by Gasteiger charge is 2.25. The molecule has 11 nitrogen and oxygen atoms in total. The minimum absolute atomic E-state index is 0.0639. The van der Waals surface area contributed by atoms with Crippen LogP contribution in [-0.4, -0.2) is 92.0 Å². The van der Waals surface area contributed by atoms with Gasteiger partial charge in [-0.3, -0.25) is 14.9 Å². The van der Waals surface area contributed by atoms with E-state index in [1.165, 1.54) is 25.7 Å². The zero-order chi connectivity index (χ0) is 27.1. The zero-order valence-corrected chi connectivity index (χ0v) is 22.8. The normalized spacial score (nSPS) is 16.7. The predicted molar refractivity (Wildman–Crippen MR) is 154 cm³/mol. The van der Waals surface area contributed by atoms with E-state index in [0.29, 0.717) is 25.8 Å². The number of pyridine rings is 2. The first-order valence-electron chi connectivity index (χ1n) is 14.3. The third-order valence-electron chi connectivity index (χ3n) is 7.78. The number of imidazole rings is 1. The molecule has 4 aromatic rings. The second-order valence-corrected chi connectivity index (χ2v) is 10.4. The topological polar surface area (TPSA) is 117 Å². The summed E-state index contributed by atoms with van der Waals surface area (Å²) in [5.41, 5.74) is 4.49. The minimum Gasteiger partial charge on any atom is -0.394 e. The first kappa shape index (κ1) is 26.5. The smallest absolute Gasteiger partial charge is 0.229 e. The number of aromatic nitrogens is 6. The third kappa shape index (κ3) is 6.06. The fourth-order valence-corrected chi connectivity index (χ4v) is 5.53. The first-order valence-corrected chi connectivity index (χ1v) is 14.3. The highest BCUT2D eigenvalue weighted by Crippen LogP contribution is 2.33. The van der Waals surface area contributed by atoms with Gasteiger partial charge in [0.1, 0.15) is 0 Å². The average molecular weight is 544 g/mol.